The molecule has 11 heteroatoms. The Balaban J connectivity index is 1.50. The summed E-state index contributed by atoms with van der Waals surface area (Å²) in [6.45, 7) is 0.396. The predicted octanol–water partition coefficient (Wildman–Crippen LogP) is 4.80. The molecule has 2 aromatic carbocycles. The van der Waals surface area contributed by atoms with Gasteiger partial charge in [0.15, 0.2) is 11.5 Å². The van der Waals surface area contributed by atoms with Crippen LogP contribution in [0.25, 0.3) is 10.2 Å². The largest absolute Gasteiger partial charge is 0.493 e. The van der Waals surface area contributed by atoms with E-state index in [0.717, 1.165) is 5.56 Å². The van der Waals surface area contributed by atoms with E-state index in [1.165, 1.54) is 35.9 Å². The summed E-state index contributed by atoms with van der Waals surface area (Å²) < 4.78 is 24.0. The van der Waals surface area contributed by atoms with E-state index < -0.39 is 5.82 Å². The number of hydrogen-bond donors (Lipinski definition) is 3. The van der Waals surface area contributed by atoms with Gasteiger partial charge in [-0.25, -0.2) is 14.4 Å². The molecule has 0 radical (unpaired) electrons. The first-order valence-electron chi connectivity index (χ1n) is 10.2. The summed E-state index contributed by atoms with van der Waals surface area (Å²) in [5, 5.41) is 6.44. The van der Waals surface area contributed by atoms with Crippen molar-refractivity contribution in [3.8, 4) is 11.5 Å². The second kappa shape index (κ2) is 10.1. The van der Waals surface area contributed by atoms with Crippen molar-refractivity contribution in [2.24, 2.45) is 0 Å². The summed E-state index contributed by atoms with van der Waals surface area (Å²) in [7, 11) is 3.15. The number of nitrogens with one attached hydrogen (secondary N) is 2. The number of amides is 1. The Morgan fingerprint density at radius 3 is 2.68 bits per heavy atom. The number of halogens is 2. The van der Waals surface area contributed by atoms with Crippen molar-refractivity contribution < 1.29 is 18.7 Å². The number of carbonyl (C=O) groups is 1. The van der Waals surface area contributed by atoms with Crippen molar-refractivity contribution in [2.45, 2.75) is 6.42 Å². The molecule has 4 aromatic rings. The van der Waals surface area contributed by atoms with Gasteiger partial charge in [0.05, 0.1) is 30.3 Å². The topological polar surface area (TPSA) is 111 Å². The van der Waals surface area contributed by atoms with Gasteiger partial charge in [-0.3, -0.25) is 4.79 Å². The maximum atomic E-state index is 13.5. The second-order valence-electron chi connectivity index (χ2n) is 7.20. The second-order valence-corrected chi connectivity index (χ2v) is 8.60. The highest BCUT2D eigenvalue weighted by Crippen LogP contribution is 2.37. The molecule has 0 bridgehead atoms. The molecule has 176 valence electrons. The number of methoxy groups -OCH3 is 2. The monoisotopic (exact) mass is 501 g/mol. The lowest BCUT2D eigenvalue weighted by Gasteiger charge is -2.10. The number of nitrogens with two attached hydrogens (primary N) is 1. The number of anilines is 3. The summed E-state index contributed by atoms with van der Waals surface area (Å²) in [4.78, 5) is 22.2. The summed E-state index contributed by atoms with van der Waals surface area (Å²) in [5.41, 5.74) is 8.09. The molecule has 0 aliphatic rings. The van der Waals surface area contributed by atoms with Crippen LogP contribution >= 0.6 is 22.9 Å². The van der Waals surface area contributed by atoms with Gasteiger partial charge in [-0.15, -0.1) is 11.3 Å². The zero-order chi connectivity index (χ0) is 24.2. The van der Waals surface area contributed by atoms with Crippen LogP contribution in [-0.2, 0) is 6.42 Å². The van der Waals surface area contributed by atoms with Crippen LogP contribution in [0.5, 0.6) is 11.5 Å². The lowest BCUT2D eigenvalue weighted by Crippen LogP contribution is -2.25. The number of thiophene rings is 1. The van der Waals surface area contributed by atoms with Gasteiger partial charge in [-0.05, 0) is 42.3 Å². The number of carbonyl (C=O) groups excluding carboxylic acids is 1. The first-order chi connectivity index (χ1) is 16.4. The highest BCUT2D eigenvalue weighted by atomic mass is 35.5. The van der Waals surface area contributed by atoms with Crippen LogP contribution in [0.3, 0.4) is 0 Å². The maximum absolute atomic E-state index is 13.5. The standard InChI is InChI=1S/C23H21ClFN5O3S/c1-32-16-6-3-12(9-17(16)33-2)7-8-27-22(31)20-19(26)18-21(28-11-29-23(18)34-20)30-13-4-5-15(25)14(24)10-13/h3-6,9-11H,7-8,26H2,1-2H3,(H,27,31)(H,28,29,30). The van der Waals surface area contributed by atoms with Gasteiger partial charge >= 0.3 is 0 Å². The minimum absolute atomic E-state index is 0.0249. The van der Waals surface area contributed by atoms with Gasteiger partial charge in [-0.1, -0.05) is 17.7 Å². The third kappa shape index (κ3) is 4.82. The van der Waals surface area contributed by atoms with Crippen LogP contribution in [0.1, 0.15) is 15.2 Å². The molecule has 0 aliphatic heterocycles. The number of rotatable bonds is 8. The van der Waals surface area contributed by atoms with E-state index in [4.69, 9.17) is 26.8 Å². The van der Waals surface area contributed by atoms with Gasteiger partial charge in [-0.2, -0.15) is 0 Å². The van der Waals surface area contributed by atoms with E-state index in [2.05, 4.69) is 20.6 Å². The molecule has 0 spiro atoms. The van der Waals surface area contributed by atoms with Gasteiger partial charge in [0.25, 0.3) is 5.91 Å². The zero-order valence-electron chi connectivity index (χ0n) is 18.3. The number of benzene rings is 2. The fourth-order valence-corrected chi connectivity index (χ4v) is 4.52. The lowest BCUT2D eigenvalue weighted by molar-refractivity contribution is 0.0959. The van der Waals surface area contributed by atoms with Crippen molar-refractivity contribution in [3.63, 3.8) is 0 Å². The van der Waals surface area contributed by atoms with E-state index in [1.54, 1.807) is 14.2 Å². The van der Waals surface area contributed by atoms with Gasteiger partial charge in [0, 0.05) is 12.2 Å². The normalized spacial score (nSPS) is 10.8. The Morgan fingerprint density at radius 2 is 1.94 bits per heavy atom. The van der Waals surface area contributed by atoms with E-state index in [-0.39, 0.29) is 16.6 Å². The Kier molecular flexibility index (Phi) is 6.99. The molecule has 0 fully saturated rings. The molecule has 1 amide bonds. The molecule has 2 aromatic heterocycles. The average Bonchev–Trinajstić information content (AvgIpc) is 3.18. The van der Waals surface area contributed by atoms with E-state index in [0.29, 0.717) is 51.1 Å². The lowest BCUT2D eigenvalue weighted by atomic mass is 10.1. The van der Waals surface area contributed by atoms with Crippen molar-refractivity contribution in [1.29, 1.82) is 0 Å². The molecule has 2 heterocycles. The van der Waals surface area contributed by atoms with Crippen LogP contribution in [0.2, 0.25) is 5.02 Å². The van der Waals surface area contributed by atoms with E-state index in [1.807, 2.05) is 18.2 Å². The number of ether oxygens (including phenoxy) is 2. The third-order valence-corrected chi connectivity index (χ3v) is 6.46. The molecular weight excluding hydrogens is 481 g/mol. The Bertz CT molecular complexity index is 1360. The smallest absolute Gasteiger partial charge is 0.263 e. The zero-order valence-corrected chi connectivity index (χ0v) is 19.9. The fourth-order valence-electron chi connectivity index (χ4n) is 3.37. The van der Waals surface area contributed by atoms with Crippen molar-refractivity contribution in [3.05, 3.63) is 64.0 Å². The number of nitrogens with zero attached hydrogens (tertiary/aromatic N) is 2. The number of fused-ring (bicyclic) bond motifs is 1. The van der Waals surface area contributed by atoms with E-state index in [9.17, 15) is 9.18 Å². The SMILES string of the molecule is COc1ccc(CCNC(=O)c2sc3ncnc(Nc4ccc(F)c(Cl)c4)c3c2N)cc1OC. The Morgan fingerprint density at radius 1 is 1.15 bits per heavy atom. The number of aromatic nitrogens is 2. The van der Waals surface area contributed by atoms with Crippen molar-refractivity contribution in [1.82, 2.24) is 15.3 Å². The number of nitrogen functional groups attached to an aromatic ring is 1. The van der Waals surface area contributed by atoms with Gasteiger partial charge < -0.3 is 25.8 Å². The molecule has 0 aliphatic carbocycles. The summed E-state index contributed by atoms with van der Waals surface area (Å²) in [6, 6.07) is 9.82. The molecule has 0 atom stereocenters. The minimum atomic E-state index is -0.526. The summed E-state index contributed by atoms with van der Waals surface area (Å²) in [5.74, 6) is 0.826. The molecule has 34 heavy (non-hydrogen) atoms. The molecule has 0 unspecified atom stereocenters. The minimum Gasteiger partial charge on any atom is -0.493 e. The molecule has 4 N–H and O–H groups in total. The average molecular weight is 502 g/mol. The Labute approximate surface area is 203 Å². The quantitative estimate of drug-likeness (QED) is 0.318. The van der Waals surface area contributed by atoms with Crippen LogP contribution in [0, 0.1) is 5.82 Å². The highest BCUT2D eigenvalue weighted by molar-refractivity contribution is 7.21. The predicted molar refractivity (Wildman–Crippen MR) is 132 cm³/mol. The van der Waals surface area contributed by atoms with E-state index >= 15 is 0 Å². The van der Waals surface area contributed by atoms with Crippen molar-refractivity contribution in [2.75, 3.05) is 31.8 Å². The molecule has 4 rings (SSSR count). The molecule has 0 saturated heterocycles. The van der Waals surface area contributed by atoms with Gasteiger partial charge in [0.2, 0.25) is 0 Å². The highest BCUT2D eigenvalue weighted by Gasteiger charge is 2.20. The van der Waals surface area contributed by atoms with Crippen LogP contribution in [-0.4, -0.2) is 36.6 Å². The first-order valence-corrected chi connectivity index (χ1v) is 11.3. The van der Waals surface area contributed by atoms with Gasteiger partial charge in [0.1, 0.15) is 27.7 Å². The fraction of sp³-hybridized carbons (Fsp3) is 0.174. The van der Waals surface area contributed by atoms with Crippen LogP contribution in [0.4, 0.5) is 21.6 Å². The van der Waals surface area contributed by atoms with Crippen LogP contribution in [0.15, 0.2) is 42.7 Å². The Hall–Kier alpha value is -3.63. The molecular formula is C23H21ClFN5O3S. The van der Waals surface area contributed by atoms with Crippen molar-refractivity contribution >= 4 is 56.3 Å². The third-order valence-electron chi connectivity index (χ3n) is 5.06. The summed E-state index contributed by atoms with van der Waals surface area (Å²) >= 11 is 7.03. The number of hydrogen-bond acceptors (Lipinski definition) is 8. The summed E-state index contributed by atoms with van der Waals surface area (Å²) in [6.07, 6.45) is 1.96. The first kappa shape index (κ1) is 23.5. The molecule has 0 saturated carbocycles. The molecule has 8 nitrogen and oxygen atoms in total. The maximum Gasteiger partial charge on any atom is 0.263 e. The van der Waals surface area contributed by atoms with Crippen LogP contribution < -0.4 is 25.8 Å².